The van der Waals surface area contributed by atoms with E-state index in [0.717, 1.165) is 19.3 Å². The van der Waals surface area contributed by atoms with E-state index >= 15 is 0 Å². The minimum atomic E-state index is -0.288. The van der Waals surface area contributed by atoms with Crippen molar-refractivity contribution in [2.24, 2.45) is 0 Å². The summed E-state index contributed by atoms with van der Waals surface area (Å²) in [6.07, 6.45) is 7.35. The Hall–Kier alpha value is -2.13. The van der Waals surface area contributed by atoms with Crippen molar-refractivity contribution in [3.05, 3.63) is 54.1 Å². The van der Waals surface area contributed by atoms with E-state index in [1.54, 1.807) is 6.92 Å². The molecule has 3 nitrogen and oxygen atoms in total. The Morgan fingerprint density at radius 1 is 1.09 bits per heavy atom. The molecule has 3 heteroatoms. The van der Waals surface area contributed by atoms with Crippen molar-refractivity contribution in [1.82, 2.24) is 0 Å². The molecule has 0 aromatic heterocycles. The van der Waals surface area contributed by atoms with Crippen molar-refractivity contribution < 1.29 is 14.3 Å². The van der Waals surface area contributed by atoms with Crippen molar-refractivity contribution in [3.63, 3.8) is 0 Å². The van der Waals surface area contributed by atoms with E-state index < -0.39 is 0 Å². The van der Waals surface area contributed by atoms with Crippen molar-refractivity contribution in [3.8, 4) is 0 Å². The van der Waals surface area contributed by atoms with Gasteiger partial charge in [-0.1, -0.05) is 48.6 Å². The van der Waals surface area contributed by atoms with Gasteiger partial charge in [-0.05, 0) is 48.6 Å². The SMILES string of the molecule is CCOC(=O)COCCCCC=Cc1ccc2ccccc2c1. The number of benzene rings is 2. The third-order valence-electron chi connectivity index (χ3n) is 3.52. The van der Waals surface area contributed by atoms with Gasteiger partial charge in [0.05, 0.1) is 6.61 Å². The van der Waals surface area contributed by atoms with Crippen molar-refractivity contribution >= 4 is 22.8 Å². The van der Waals surface area contributed by atoms with Gasteiger partial charge in [0.15, 0.2) is 0 Å². The second-order valence-corrected chi connectivity index (χ2v) is 5.36. The van der Waals surface area contributed by atoms with Gasteiger partial charge < -0.3 is 9.47 Å². The molecule has 0 spiro atoms. The minimum Gasteiger partial charge on any atom is -0.464 e. The number of fused-ring (bicyclic) bond motifs is 1. The summed E-state index contributed by atoms with van der Waals surface area (Å²) in [7, 11) is 0. The van der Waals surface area contributed by atoms with Gasteiger partial charge >= 0.3 is 5.97 Å². The van der Waals surface area contributed by atoms with Crippen LogP contribution in [0.4, 0.5) is 0 Å². The molecule has 0 atom stereocenters. The number of esters is 1. The Morgan fingerprint density at radius 3 is 2.74 bits per heavy atom. The molecule has 0 saturated heterocycles. The van der Waals surface area contributed by atoms with Crippen LogP contribution in [0.2, 0.25) is 0 Å². The highest BCUT2D eigenvalue weighted by molar-refractivity contribution is 5.84. The fourth-order valence-corrected chi connectivity index (χ4v) is 2.36. The van der Waals surface area contributed by atoms with Crippen molar-refractivity contribution in [1.29, 1.82) is 0 Å². The first kappa shape index (κ1) is 17.2. The van der Waals surface area contributed by atoms with E-state index in [1.165, 1.54) is 16.3 Å². The summed E-state index contributed by atoms with van der Waals surface area (Å²) in [6.45, 7) is 2.85. The number of unbranched alkanes of at least 4 members (excludes halogenated alkanes) is 2. The maximum atomic E-state index is 11.1. The second kappa shape index (κ2) is 9.80. The van der Waals surface area contributed by atoms with Gasteiger partial charge in [-0.3, -0.25) is 0 Å². The lowest BCUT2D eigenvalue weighted by molar-refractivity contribution is -0.148. The van der Waals surface area contributed by atoms with E-state index in [0.29, 0.717) is 13.2 Å². The zero-order chi connectivity index (χ0) is 16.3. The van der Waals surface area contributed by atoms with Crippen molar-refractivity contribution in [2.75, 3.05) is 19.8 Å². The maximum absolute atomic E-state index is 11.1. The number of ether oxygens (including phenoxy) is 2. The lowest BCUT2D eigenvalue weighted by Gasteiger charge is -2.03. The molecule has 0 unspecified atom stereocenters. The summed E-state index contributed by atoms with van der Waals surface area (Å²) in [5.41, 5.74) is 1.22. The van der Waals surface area contributed by atoms with Gasteiger partial charge in [0.1, 0.15) is 6.61 Å². The zero-order valence-electron chi connectivity index (χ0n) is 13.7. The fraction of sp³-hybridized carbons (Fsp3) is 0.350. The molecule has 0 aliphatic heterocycles. The van der Waals surface area contributed by atoms with Gasteiger partial charge in [-0.25, -0.2) is 4.79 Å². The molecule has 2 aromatic carbocycles. The van der Waals surface area contributed by atoms with E-state index in [4.69, 9.17) is 9.47 Å². The first-order valence-electron chi connectivity index (χ1n) is 8.18. The van der Waals surface area contributed by atoms with E-state index in [9.17, 15) is 4.79 Å². The van der Waals surface area contributed by atoms with Crippen LogP contribution in [0.5, 0.6) is 0 Å². The standard InChI is InChI=1S/C20H24O3/c1-2-23-20(21)16-22-14-8-4-3-5-9-17-12-13-18-10-6-7-11-19(18)15-17/h5-7,9-13,15H,2-4,8,14,16H2,1H3. The predicted molar refractivity (Wildman–Crippen MR) is 94.3 cm³/mol. The predicted octanol–water partition coefficient (Wildman–Crippen LogP) is 4.60. The number of carbonyl (C=O) groups excluding carboxylic acids is 1. The van der Waals surface area contributed by atoms with Gasteiger partial charge in [-0.2, -0.15) is 0 Å². The number of rotatable bonds is 9. The molecule has 122 valence electrons. The van der Waals surface area contributed by atoms with E-state index in [-0.39, 0.29) is 12.6 Å². The summed E-state index contributed by atoms with van der Waals surface area (Å²) in [5.74, 6) is -0.288. The van der Waals surface area contributed by atoms with Crippen LogP contribution >= 0.6 is 0 Å². The molecular formula is C20H24O3. The summed E-state index contributed by atoms with van der Waals surface area (Å²) >= 11 is 0. The average molecular weight is 312 g/mol. The quantitative estimate of drug-likeness (QED) is 0.501. The van der Waals surface area contributed by atoms with Gasteiger partial charge in [0.25, 0.3) is 0 Å². The topological polar surface area (TPSA) is 35.5 Å². The summed E-state index contributed by atoms with van der Waals surface area (Å²) in [5, 5.41) is 2.53. The number of hydrogen-bond donors (Lipinski definition) is 0. The van der Waals surface area contributed by atoms with Crippen molar-refractivity contribution in [2.45, 2.75) is 26.2 Å². The molecule has 23 heavy (non-hydrogen) atoms. The van der Waals surface area contributed by atoms with Crippen LogP contribution in [-0.2, 0) is 14.3 Å². The first-order valence-corrected chi connectivity index (χ1v) is 8.18. The van der Waals surface area contributed by atoms with Crippen LogP contribution in [0.15, 0.2) is 48.5 Å². The largest absolute Gasteiger partial charge is 0.464 e. The molecule has 2 aromatic rings. The third kappa shape index (κ3) is 6.25. The highest BCUT2D eigenvalue weighted by Crippen LogP contribution is 2.16. The van der Waals surface area contributed by atoms with Crippen LogP contribution in [0.25, 0.3) is 16.8 Å². The first-order chi connectivity index (χ1) is 11.3. The summed E-state index contributed by atoms with van der Waals surface area (Å²) in [4.78, 5) is 11.1. The van der Waals surface area contributed by atoms with Crippen LogP contribution in [0.1, 0.15) is 31.7 Å². The fourth-order valence-electron chi connectivity index (χ4n) is 2.36. The molecule has 0 radical (unpaired) electrons. The molecule has 0 amide bonds. The highest BCUT2D eigenvalue weighted by atomic mass is 16.6. The molecular weight excluding hydrogens is 288 g/mol. The smallest absolute Gasteiger partial charge is 0.332 e. The number of allylic oxidation sites excluding steroid dienone is 1. The maximum Gasteiger partial charge on any atom is 0.332 e. The number of hydrogen-bond acceptors (Lipinski definition) is 3. The molecule has 0 heterocycles. The van der Waals surface area contributed by atoms with E-state index in [2.05, 4.69) is 54.6 Å². The zero-order valence-corrected chi connectivity index (χ0v) is 13.7. The van der Waals surface area contributed by atoms with Gasteiger partial charge in [0.2, 0.25) is 0 Å². The Balaban J connectivity index is 1.63. The van der Waals surface area contributed by atoms with Gasteiger partial charge in [-0.15, -0.1) is 0 Å². The molecule has 2 rings (SSSR count). The highest BCUT2D eigenvalue weighted by Gasteiger charge is 2.00. The van der Waals surface area contributed by atoms with Crippen LogP contribution in [-0.4, -0.2) is 25.8 Å². The molecule has 0 N–H and O–H groups in total. The van der Waals surface area contributed by atoms with Gasteiger partial charge in [0, 0.05) is 6.61 Å². The van der Waals surface area contributed by atoms with Crippen LogP contribution in [0, 0.1) is 0 Å². The Kier molecular flexibility index (Phi) is 7.34. The molecule has 0 aliphatic rings. The lowest BCUT2D eigenvalue weighted by Crippen LogP contribution is -2.12. The third-order valence-corrected chi connectivity index (χ3v) is 3.52. The molecule has 0 saturated carbocycles. The molecule has 0 fully saturated rings. The summed E-state index contributed by atoms with van der Waals surface area (Å²) in [6, 6.07) is 14.9. The van der Waals surface area contributed by atoms with E-state index in [1.807, 2.05) is 0 Å². The average Bonchev–Trinajstić information content (AvgIpc) is 2.57. The Bertz CT molecular complexity index is 646. The normalized spacial score (nSPS) is 11.2. The Morgan fingerprint density at radius 2 is 1.91 bits per heavy atom. The minimum absolute atomic E-state index is 0.0563. The van der Waals surface area contributed by atoms with Crippen LogP contribution < -0.4 is 0 Å². The monoisotopic (exact) mass is 312 g/mol. The second-order valence-electron chi connectivity index (χ2n) is 5.36. The molecule has 0 aliphatic carbocycles. The Labute approximate surface area is 137 Å². The molecule has 0 bridgehead atoms. The summed E-state index contributed by atoms with van der Waals surface area (Å²) < 4.78 is 10.1. The van der Waals surface area contributed by atoms with Crippen LogP contribution in [0.3, 0.4) is 0 Å². The lowest BCUT2D eigenvalue weighted by atomic mass is 10.1. The number of carbonyl (C=O) groups is 1.